The van der Waals surface area contributed by atoms with E-state index in [0.29, 0.717) is 6.10 Å². The third kappa shape index (κ3) is 3.21. The van der Waals surface area contributed by atoms with Crippen LogP contribution in [0.3, 0.4) is 0 Å². The van der Waals surface area contributed by atoms with Crippen molar-refractivity contribution in [2.75, 3.05) is 6.61 Å². The van der Waals surface area contributed by atoms with Gasteiger partial charge in [-0.15, -0.1) is 0 Å². The smallest absolute Gasteiger partial charge is 0.155 e. The SMILES string of the molecule is C=O.CC1COC(C)O1. The molecule has 0 amide bonds. The summed E-state index contributed by atoms with van der Waals surface area (Å²) in [5.74, 6) is 0. The van der Waals surface area contributed by atoms with Crippen LogP contribution >= 0.6 is 0 Å². The van der Waals surface area contributed by atoms with Crippen LogP contribution in [0.2, 0.25) is 0 Å². The van der Waals surface area contributed by atoms with Crippen LogP contribution in [-0.4, -0.2) is 25.8 Å². The zero-order chi connectivity index (χ0) is 7.28. The second-order valence-electron chi connectivity index (χ2n) is 1.85. The lowest BCUT2D eigenvalue weighted by Gasteiger charge is -1.98. The van der Waals surface area contributed by atoms with Gasteiger partial charge in [-0.05, 0) is 13.8 Å². The number of ether oxygens (including phenoxy) is 2. The molecule has 1 aliphatic heterocycles. The van der Waals surface area contributed by atoms with Gasteiger partial charge in [0.05, 0.1) is 12.7 Å². The minimum Gasteiger partial charge on any atom is -0.350 e. The predicted octanol–water partition coefficient (Wildman–Crippen LogP) is 0.583. The first-order valence-corrected chi connectivity index (χ1v) is 2.85. The maximum atomic E-state index is 8.00. The lowest BCUT2D eigenvalue weighted by Crippen LogP contribution is -2.03. The van der Waals surface area contributed by atoms with Crippen LogP contribution in [0, 0.1) is 0 Å². The summed E-state index contributed by atoms with van der Waals surface area (Å²) in [4.78, 5) is 8.00. The van der Waals surface area contributed by atoms with Gasteiger partial charge in [-0.2, -0.15) is 0 Å². The van der Waals surface area contributed by atoms with E-state index in [1.165, 1.54) is 0 Å². The Morgan fingerprint density at radius 3 is 2.11 bits per heavy atom. The quantitative estimate of drug-likeness (QED) is 0.483. The maximum Gasteiger partial charge on any atom is 0.155 e. The van der Waals surface area contributed by atoms with Crippen LogP contribution in [0.1, 0.15) is 13.8 Å². The highest BCUT2D eigenvalue weighted by molar-refractivity contribution is 5.10. The van der Waals surface area contributed by atoms with Gasteiger partial charge < -0.3 is 14.3 Å². The molecule has 0 radical (unpaired) electrons. The van der Waals surface area contributed by atoms with Gasteiger partial charge in [-0.3, -0.25) is 0 Å². The molecular weight excluding hydrogens is 120 g/mol. The van der Waals surface area contributed by atoms with Crippen LogP contribution in [0.15, 0.2) is 0 Å². The van der Waals surface area contributed by atoms with E-state index in [1.807, 2.05) is 20.6 Å². The molecule has 0 N–H and O–H groups in total. The van der Waals surface area contributed by atoms with Crippen molar-refractivity contribution in [1.82, 2.24) is 0 Å². The van der Waals surface area contributed by atoms with Crippen molar-refractivity contribution < 1.29 is 14.3 Å². The van der Waals surface area contributed by atoms with Gasteiger partial charge in [0, 0.05) is 0 Å². The second kappa shape index (κ2) is 4.47. The van der Waals surface area contributed by atoms with Gasteiger partial charge in [-0.25, -0.2) is 0 Å². The van der Waals surface area contributed by atoms with Crippen LogP contribution in [0.25, 0.3) is 0 Å². The van der Waals surface area contributed by atoms with E-state index in [0.717, 1.165) is 6.61 Å². The van der Waals surface area contributed by atoms with Gasteiger partial charge in [0.2, 0.25) is 0 Å². The Bertz CT molecular complexity index is 66.7. The zero-order valence-corrected chi connectivity index (χ0v) is 5.79. The molecule has 1 saturated heterocycles. The van der Waals surface area contributed by atoms with Crippen molar-refractivity contribution in [2.45, 2.75) is 26.2 Å². The molecule has 0 aromatic heterocycles. The summed E-state index contributed by atoms with van der Waals surface area (Å²) in [5.41, 5.74) is 0. The maximum absolute atomic E-state index is 8.00. The number of rotatable bonds is 0. The highest BCUT2D eigenvalue weighted by Crippen LogP contribution is 2.08. The molecule has 2 atom stereocenters. The zero-order valence-electron chi connectivity index (χ0n) is 5.79. The third-order valence-corrected chi connectivity index (χ3v) is 0.990. The molecule has 0 spiro atoms. The van der Waals surface area contributed by atoms with Crippen molar-refractivity contribution in [3.8, 4) is 0 Å². The molecule has 0 bridgehead atoms. The minimum absolute atomic E-state index is 0.0231. The van der Waals surface area contributed by atoms with Crippen LogP contribution < -0.4 is 0 Å². The first-order chi connectivity index (χ1) is 4.29. The number of hydrogen-bond donors (Lipinski definition) is 0. The van der Waals surface area contributed by atoms with E-state index in [4.69, 9.17) is 14.3 Å². The monoisotopic (exact) mass is 132 g/mol. The van der Waals surface area contributed by atoms with E-state index < -0.39 is 0 Å². The molecule has 1 fully saturated rings. The fourth-order valence-electron chi connectivity index (χ4n) is 0.677. The summed E-state index contributed by atoms with van der Waals surface area (Å²) >= 11 is 0. The Morgan fingerprint density at radius 2 is 2.00 bits per heavy atom. The molecular formula is C6H12O3. The Balaban J connectivity index is 0.000000291. The third-order valence-electron chi connectivity index (χ3n) is 0.990. The van der Waals surface area contributed by atoms with E-state index in [1.54, 1.807) is 0 Å². The van der Waals surface area contributed by atoms with Crippen molar-refractivity contribution in [3.63, 3.8) is 0 Å². The molecule has 0 aliphatic carbocycles. The summed E-state index contributed by atoms with van der Waals surface area (Å²) in [5, 5.41) is 0. The lowest BCUT2D eigenvalue weighted by atomic mass is 10.5. The second-order valence-corrected chi connectivity index (χ2v) is 1.85. The summed E-state index contributed by atoms with van der Waals surface area (Å²) in [6, 6.07) is 0. The van der Waals surface area contributed by atoms with Gasteiger partial charge >= 0.3 is 0 Å². The van der Waals surface area contributed by atoms with E-state index in [9.17, 15) is 0 Å². The Morgan fingerprint density at radius 1 is 1.44 bits per heavy atom. The Labute approximate surface area is 55.0 Å². The topological polar surface area (TPSA) is 35.5 Å². The fraction of sp³-hybridized carbons (Fsp3) is 0.833. The highest BCUT2D eigenvalue weighted by atomic mass is 16.7. The summed E-state index contributed by atoms with van der Waals surface area (Å²) < 4.78 is 10.2. The molecule has 1 heterocycles. The molecule has 1 aliphatic rings. The molecule has 2 unspecified atom stereocenters. The van der Waals surface area contributed by atoms with Gasteiger partial charge in [0.15, 0.2) is 6.29 Å². The Kier molecular flexibility index (Phi) is 4.26. The van der Waals surface area contributed by atoms with Gasteiger partial charge in [-0.1, -0.05) is 0 Å². The van der Waals surface area contributed by atoms with Crippen molar-refractivity contribution in [3.05, 3.63) is 0 Å². The Hall–Kier alpha value is -0.410. The molecule has 9 heavy (non-hydrogen) atoms. The van der Waals surface area contributed by atoms with E-state index in [2.05, 4.69) is 0 Å². The molecule has 3 nitrogen and oxygen atoms in total. The van der Waals surface area contributed by atoms with E-state index in [-0.39, 0.29) is 6.29 Å². The number of carbonyl (C=O) groups excluding carboxylic acids is 1. The fourth-order valence-corrected chi connectivity index (χ4v) is 0.677. The number of hydrogen-bond acceptors (Lipinski definition) is 3. The summed E-state index contributed by atoms with van der Waals surface area (Å²) in [6.07, 6.45) is 0.324. The van der Waals surface area contributed by atoms with Crippen LogP contribution in [0.5, 0.6) is 0 Å². The predicted molar refractivity (Wildman–Crippen MR) is 33.1 cm³/mol. The minimum atomic E-state index is 0.0231. The first-order valence-electron chi connectivity index (χ1n) is 2.85. The average Bonchev–Trinajstić information content (AvgIpc) is 2.20. The molecule has 54 valence electrons. The van der Waals surface area contributed by atoms with Gasteiger partial charge in [0.25, 0.3) is 0 Å². The van der Waals surface area contributed by atoms with Crippen molar-refractivity contribution in [1.29, 1.82) is 0 Å². The van der Waals surface area contributed by atoms with Crippen molar-refractivity contribution >= 4 is 6.79 Å². The molecule has 0 saturated carbocycles. The number of carbonyl (C=O) groups is 1. The molecule has 0 aromatic carbocycles. The largest absolute Gasteiger partial charge is 0.350 e. The molecule has 1 rings (SSSR count). The normalized spacial score (nSPS) is 33.1. The average molecular weight is 132 g/mol. The molecule has 0 aromatic rings. The van der Waals surface area contributed by atoms with Gasteiger partial charge in [0.1, 0.15) is 6.79 Å². The molecule has 3 heteroatoms. The summed E-state index contributed by atoms with van der Waals surface area (Å²) in [6.45, 7) is 6.66. The van der Waals surface area contributed by atoms with Crippen LogP contribution in [0.4, 0.5) is 0 Å². The lowest BCUT2D eigenvalue weighted by molar-refractivity contribution is -0.0979. The summed E-state index contributed by atoms with van der Waals surface area (Å²) in [7, 11) is 0. The first kappa shape index (κ1) is 8.59. The van der Waals surface area contributed by atoms with E-state index >= 15 is 0 Å². The van der Waals surface area contributed by atoms with Crippen LogP contribution in [-0.2, 0) is 14.3 Å². The van der Waals surface area contributed by atoms with Crippen molar-refractivity contribution in [2.24, 2.45) is 0 Å². The highest BCUT2D eigenvalue weighted by Gasteiger charge is 2.16. The standard InChI is InChI=1S/C5H10O2.CH2O/c1-4-3-6-5(2)7-4;1-2/h4-5H,3H2,1-2H3;1H2.